The summed E-state index contributed by atoms with van der Waals surface area (Å²) in [5.74, 6) is 0. The van der Waals surface area contributed by atoms with Gasteiger partial charge in [-0.15, -0.1) is 11.3 Å². The van der Waals surface area contributed by atoms with Crippen LogP contribution in [0.25, 0.3) is 0 Å². The first kappa shape index (κ1) is 13.7. The van der Waals surface area contributed by atoms with Crippen molar-refractivity contribution < 1.29 is 4.74 Å². The molecule has 16 heavy (non-hydrogen) atoms. The van der Waals surface area contributed by atoms with Gasteiger partial charge in [-0.25, -0.2) is 0 Å². The van der Waals surface area contributed by atoms with Gasteiger partial charge in [-0.1, -0.05) is 25.8 Å². The molecule has 0 aliphatic heterocycles. The van der Waals surface area contributed by atoms with Crippen LogP contribution in [-0.2, 0) is 11.3 Å². The van der Waals surface area contributed by atoms with Crippen molar-refractivity contribution in [2.75, 3.05) is 13.1 Å². The monoisotopic (exact) mass is 241 g/mol. The number of hydrogen-bond donors (Lipinski definition) is 1. The van der Waals surface area contributed by atoms with Crippen LogP contribution in [0.15, 0.2) is 17.5 Å². The van der Waals surface area contributed by atoms with Crippen LogP contribution in [0.2, 0.25) is 0 Å². The molecule has 1 N–H and O–H groups in total. The van der Waals surface area contributed by atoms with Crippen LogP contribution < -0.4 is 5.32 Å². The molecule has 92 valence electrons. The molecule has 0 saturated carbocycles. The molecule has 0 aliphatic carbocycles. The second kappa shape index (κ2) is 8.74. The van der Waals surface area contributed by atoms with Crippen molar-refractivity contribution in [2.45, 2.75) is 45.8 Å². The van der Waals surface area contributed by atoms with Gasteiger partial charge in [0.25, 0.3) is 0 Å². The van der Waals surface area contributed by atoms with Gasteiger partial charge >= 0.3 is 0 Å². The quantitative estimate of drug-likeness (QED) is 0.669. The lowest BCUT2D eigenvalue weighted by Gasteiger charge is -2.13. The van der Waals surface area contributed by atoms with E-state index in [9.17, 15) is 0 Å². The SMILES string of the molecule is CCCCCNCC(C)OCc1cccs1. The molecule has 0 fully saturated rings. The summed E-state index contributed by atoms with van der Waals surface area (Å²) >= 11 is 1.75. The van der Waals surface area contributed by atoms with Crippen molar-refractivity contribution in [2.24, 2.45) is 0 Å². The maximum atomic E-state index is 5.74. The molecular formula is C13H23NOS. The normalized spacial score (nSPS) is 12.9. The van der Waals surface area contributed by atoms with Crippen LogP contribution in [0, 0.1) is 0 Å². The molecule has 0 bridgehead atoms. The lowest BCUT2D eigenvalue weighted by atomic mass is 10.2. The zero-order valence-corrected chi connectivity index (χ0v) is 11.2. The number of rotatable bonds is 9. The zero-order chi connectivity index (χ0) is 11.6. The largest absolute Gasteiger partial charge is 0.372 e. The van der Waals surface area contributed by atoms with Gasteiger partial charge in [0.05, 0.1) is 12.7 Å². The second-order valence-electron chi connectivity index (χ2n) is 4.11. The van der Waals surface area contributed by atoms with Crippen molar-refractivity contribution >= 4 is 11.3 Å². The highest BCUT2D eigenvalue weighted by Gasteiger charge is 2.02. The number of ether oxygens (including phenoxy) is 1. The number of unbranched alkanes of at least 4 members (excludes halogenated alkanes) is 2. The van der Waals surface area contributed by atoms with Crippen molar-refractivity contribution in [3.8, 4) is 0 Å². The first-order valence-corrected chi connectivity index (χ1v) is 7.05. The Kier molecular flexibility index (Phi) is 7.47. The highest BCUT2D eigenvalue weighted by molar-refractivity contribution is 7.09. The third-order valence-electron chi connectivity index (χ3n) is 2.48. The molecule has 0 saturated heterocycles. The Morgan fingerprint density at radius 3 is 3.00 bits per heavy atom. The van der Waals surface area contributed by atoms with Crippen molar-refractivity contribution in [3.05, 3.63) is 22.4 Å². The summed E-state index contributed by atoms with van der Waals surface area (Å²) in [4.78, 5) is 1.30. The molecule has 3 heteroatoms. The Balaban J connectivity index is 1.96. The molecule has 0 radical (unpaired) electrons. The molecule has 0 aliphatic rings. The van der Waals surface area contributed by atoms with Crippen LogP contribution in [0.3, 0.4) is 0 Å². The van der Waals surface area contributed by atoms with Gasteiger partial charge in [-0.3, -0.25) is 0 Å². The van der Waals surface area contributed by atoms with Gasteiger partial charge in [0.15, 0.2) is 0 Å². The van der Waals surface area contributed by atoms with E-state index in [0.717, 1.165) is 19.7 Å². The highest BCUT2D eigenvalue weighted by atomic mass is 32.1. The molecule has 1 atom stereocenters. The van der Waals surface area contributed by atoms with Gasteiger partial charge in [0.2, 0.25) is 0 Å². The van der Waals surface area contributed by atoms with Crippen LogP contribution >= 0.6 is 11.3 Å². The first-order valence-electron chi connectivity index (χ1n) is 6.17. The molecule has 0 aromatic carbocycles. The number of thiophene rings is 1. The lowest BCUT2D eigenvalue weighted by molar-refractivity contribution is 0.0549. The van der Waals surface area contributed by atoms with Crippen LogP contribution in [-0.4, -0.2) is 19.2 Å². The summed E-state index contributed by atoms with van der Waals surface area (Å²) in [6, 6.07) is 4.18. The Labute approximate surface area is 103 Å². The van der Waals surface area contributed by atoms with E-state index in [-0.39, 0.29) is 0 Å². The predicted octanol–water partition coefficient (Wildman–Crippen LogP) is 3.43. The summed E-state index contributed by atoms with van der Waals surface area (Å²) in [7, 11) is 0. The molecular weight excluding hydrogens is 218 g/mol. The van der Waals surface area contributed by atoms with Crippen molar-refractivity contribution in [1.82, 2.24) is 5.32 Å². The molecule has 1 aromatic heterocycles. The van der Waals surface area contributed by atoms with E-state index < -0.39 is 0 Å². The molecule has 1 aromatic rings. The zero-order valence-electron chi connectivity index (χ0n) is 10.4. The van der Waals surface area contributed by atoms with E-state index in [2.05, 4.69) is 36.7 Å². The summed E-state index contributed by atoms with van der Waals surface area (Å²) in [6.07, 6.45) is 4.17. The van der Waals surface area contributed by atoms with Gasteiger partial charge in [-0.05, 0) is 31.3 Å². The minimum atomic E-state index is 0.295. The molecule has 2 nitrogen and oxygen atoms in total. The smallest absolute Gasteiger partial charge is 0.0813 e. The van der Waals surface area contributed by atoms with Crippen LogP contribution in [0.5, 0.6) is 0 Å². The van der Waals surface area contributed by atoms with E-state index in [1.165, 1.54) is 24.1 Å². The Morgan fingerprint density at radius 2 is 2.31 bits per heavy atom. The maximum absolute atomic E-state index is 5.74. The summed E-state index contributed by atoms with van der Waals surface area (Å²) in [5, 5.41) is 5.52. The van der Waals surface area contributed by atoms with E-state index in [4.69, 9.17) is 4.74 Å². The molecule has 1 rings (SSSR count). The minimum Gasteiger partial charge on any atom is -0.372 e. The number of hydrogen-bond acceptors (Lipinski definition) is 3. The van der Waals surface area contributed by atoms with Crippen molar-refractivity contribution in [1.29, 1.82) is 0 Å². The van der Waals surface area contributed by atoms with Crippen molar-refractivity contribution in [3.63, 3.8) is 0 Å². The summed E-state index contributed by atoms with van der Waals surface area (Å²) < 4.78 is 5.74. The summed E-state index contributed by atoms with van der Waals surface area (Å²) in [5.41, 5.74) is 0. The van der Waals surface area contributed by atoms with E-state index >= 15 is 0 Å². The Morgan fingerprint density at radius 1 is 1.44 bits per heavy atom. The average Bonchev–Trinajstić information content (AvgIpc) is 2.79. The van der Waals surface area contributed by atoms with E-state index in [1.54, 1.807) is 11.3 Å². The van der Waals surface area contributed by atoms with Crippen LogP contribution in [0.4, 0.5) is 0 Å². The lowest BCUT2D eigenvalue weighted by Crippen LogP contribution is -2.27. The molecule has 0 spiro atoms. The minimum absolute atomic E-state index is 0.295. The van der Waals surface area contributed by atoms with Gasteiger partial charge in [0.1, 0.15) is 0 Å². The average molecular weight is 241 g/mol. The fourth-order valence-corrected chi connectivity index (χ4v) is 2.11. The summed E-state index contributed by atoms with van der Waals surface area (Å²) in [6.45, 7) is 7.16. The third-order valence-corrected chi connectivity index (χ3v) is 3.33. The predicted molar refractivity (Wildman–Crippen MR) is 71.0 cm³/mol. The number of nitrogens with one attached hydrogen (secondary N) is 1. The molecule has 1 unspecified atom stereocenters. The van der Waals surface area contributed by atoms with Gasteiger partial charge in [-0.2, -0.15) is 0 Å². The topological polar surface area (TPSA) is 21.3 Å². The van der Waals surface area contributed by atoms with E-state index in [0.29, 0.717) is 6.10 Å². The van der Waals surface area contributed by atoms with Gasteiger partial charge in [0, 0.05) is 11.4 Å². The van der Waals surface area contributed by atoms with Gasteiger partial charge < -0.3 is 10.1 Å². The first-order chi connectivity index (χ1) is 7.83. The molecule has 1 heterocycles. The highest BCUT2D eigenvalue weighted by Crippen LogP contribution is 2.10. The standard InChI is InChI=1S/C13H23NOS/c1-3-4-5-8-14-10-12(2)15-11-13-7-6-9-16-13/h6-7,9,12,14H,3-5,8,10-11H2,1-2H3. The Hall–Kier alpha value is -0.380. The molecule has 0 amide bonds. The fourth-order valence-electron chi connectivity index (χ4n) is 1.48. The third kappa shape index (κ3) is 6.26. The second-order valence-corrected chi connectivity index (χ2v) is 5.14. The van der Waals surface area contributed by atoms with Crippen LogP contribution in [0.1, 0.15) is 38.0 Å². The Bertz CT molecular complexity index is 248. The maximum Gasteiger partial charge on any atom is 0.0813 e. The fraction of sp³-hybridized carbons (Fsp3) is 0.692. The van der Waals surface area contributed by atoms with E-state index in [1.807, 2.05) is 0 Å².